The van der Waals surface area contributed by atoms with Gasteiger partial charge >= 0.3 is 0 Å². The zero-order valence-corrected chi connectivity index (χ0v) is 14.0. The summed E-state index contributed by atoms with van der Waals surface area (Å²) >= 11 is 0. The second kappa shape index (κ2) is 8.72. The quantitative estimate of drug-likeness (QED) is 0.851. The fourth-order valence-corrected chi connectivity index (χ4v) is 2.34. The van der Waals surface area contributed by atoms with E-state index in [0.29, 0.717) is 18.8 Å². The number of carbonyl (C=O) groups is 2. The van der Waals surface area contributed by atoms with Gasteiger partial charge in [-0.15, -0.1) is 0 Å². The van der Waals surface area contributed by atoms with Crippen LogP contribution in [-0.4, -0.2) is 31.5 Å². The maximum atomic E-state index is 11.9. The van der Waals surface area contributed by atoms with Crippen LogP contribution in [0.2, 0.25) is 0 Å². The van der Waals surface area contributed by atoms with Crippen molar-refractivity contribution in [3.8, 4) is 5.75 Å². The molecule has 0 radical (unpaired) electrons. The van der Waals surface area contributed by atoms with Crippen LogP contribution >= 0.6 is 0 Å². The van der Waals surface area contributed by atoms with Gasteiger partial charge in [0.2, 0.25) is 5.91 Å². The molecule has 0 unspecified atom stereocenters. The minimum Gasteiger partial charge on any atom is -0.484 e. The molecule has 2 amide bonds. The number of nitrogens with zero attached hydrogens (tertiary/aromatic N) is 1. The summed E-state index contributed by atoms with van der Waals surface area (Å²) in [6.45, 7) is 4.21. The SMILES string of the molecule is CC(=O)N(CCNC(=O)COc1ccccc1)c1ccccc1C. The lowest BCUT2D eigenvalue weighted by Crippen LogP contribution is -2.39. The normalized spacial score (nSPS) is 10.1. The Balaban J connectivity index is 1.81. The van der Waals surface area contributed by atoms with Gasteiger partial charge < -0.3 is 15.0 Å². The number of ether oxygens (including phenoxy) is 1. The lowest BCUT2D eigenvalue weighted by atomic mass is 10.2. The first-order valence-corrected chi connectivity index (χ1v) is 7.86. The van der Waals surface area contributed by atoms with Crippen molar-refractivity contribution in [2.45, 2.75) is 13.8 Å². The van der Waals surface area contributed by atoms with E-state index in [1.165, 1.54) is 6.92 Å². The van der Waals surface area contributed by atoms with Gasteiger partial charge in [0.1, 0.15) is 5.75 Å². The molecular weight excluding hydrogens is 304 g/mol. The Morgan fingerprint density at radius 2 is 1.71 bits per heavy atom. The molecule has 0 atom stereocenters. The summed E-state index contributed by atoms with van der Waals surface area (Å²) in [4.78, 5) is 25.4. The van der Waals surface area contributed by atoms with Crippen LogP contribution < -0.4 is 15.0 Å². The van der Waals surface area contributed by atoms with Gasteiger partial charge in [-0.05, 0) is 30.7 Å². The van der Waals surface area contributed by atoms with Crippen molar-refractivity contribution in [1.82, 2.24) is 5.32 Å². The second-order valence-electron chi connectivity index (χ2n) is 5.41. The molecule has 0 aliphatic carbocycles. The highest BCUT2D eigenvalue weighted by molar-refractivity contribution is 5.92. The summed E-state index contributed by atoms with van der Waals surface area (Å²) < 4.78 is 5.38. The Hall–Kier alpha value is -2.82. The van der Waals surface area contributed by atoms with Crippen LogP contribution in [0.1, 0.15) is 12.5 Å². The second-order valence-corrected chi connectivity index (χ2v) is 5.41. The number of carbonyl (C=O) groups excluding carboxylic acids is 2. The summed E-state index contributed by atoms with van der Waals surface area (Å²) in [5.74, 6) is 0.379. The third-order valence-electron chi connectivity index (χ3n) is 3.56. The number of hydrogen-bond acceptors (Lipinski definition) is 3. The van der Waals surface area contributed by atoms with E-state index in [1.807, 2.05) is 49.4 Å². The average molecular weight is 326 g/mol. The first-order valence-electron chi connectivity index (χ1n) is 7.86. The Kier molecular flexibility index (Phi) is 6.37. The largest absolute Gasteiger partial charge is 0.484 e. The number of hydrogen-bond donors (Lipinski definition) is 1. The van der Waals surface area contributed by atoms with Crippen molar-refractivity contribution < 1.29 is 14.3 Å². The van der Waals surface area contributed by atoms with Crippen LogP contribution in [0, 0.1) is 6.92 Å². The molecule has 24 heavy (non-hydrogen) atoms. The number of benzene rings is 2. The van der Waals surface area contributed by atoms with E-state index in [4.69, 9.17) is 4.74 Å². The van der Waals surface area contributed by atoms with Crippen LogP contribution in [0.4, 0.5) is 5.69 Å². The van der Waals surface area contributed by atoms with Crippen LogP contribution in [-0.2, 0) is 9.59 Å². The zero-order chi connectivity index (χ0) is 17.4. The molecule has 0 saturated heterocycles. The van der Waals surface area contributed by atoms with Crippen LogP contribution in [0.3, 0.4) is 0 Å². The van der Waals surface area contributed by atoms with Gasteiger partial charge in [-0.2, -0.15) is 0 Å². The van der Waals surface area contributed by atoms with E-state index in [2.05, 4.69) is 5.32 Å². The number of nitrogens with one attached hydrogen (secondary N) is 1. The highest BCUT2D eigenvalue weighted by Gasteiger charge is 2.13. The van der Waals surface area contributed by atoms with E-state index >= 15 is 0 Å². The Bertz CT molecular complexity index is 686. The Morgan fingerprint density at radius 3 is 2.38 bits per heavy atom. The van der Waals surface area contributed by atoms with E-state index in [0.717, 1.165) is 11.3 Å². The fourth-order valence-electron chi connectivity index (χ4n) is 2.34. The molecule has 5 nitrogen and oxygen atoms in total. The van der Waals surface area contributed by atoms with Gasteiger partial charge in [-0.1, -0.05) is 36.4 Å². The summed E-state index contributed by atoms with van der Waals surface area (Å²) in [6, 6.07) is 16.8. The Morgan fingerprint density at radius 1 is 1.04 bits per heavy atom. The van der Waals surface area contributed by atoms with Gasteiger partial charge in [0, 0.05) is 25.7 Å². The molecule has 0 saturated carbocycles. The van der Waals surface area contributed by atoms with Crippen molar-refractivity contribution >= 4 is 17.5 Å². The summed E-state index contributed by atoms with van der Waals surface area (Å²) in [5.41, 5.74) is 1.88. The first kappa shape index (κ1) is 17.5. The van der Waals surface area contributed by atoms with E-state index in [1.54, 1.807) is 17.0 Å². The van der Waals surface area contributed by atoms with E-state index in [-0.39, 0.29) is 18.4 Å². The summed E-state index contributed by atoms with van der Waals surface area (Å²) in [6.07, 6.45) is 0. The van der Waals surface area contributed by atoms with E-state index < -0.39 is 0 Å². The molecule has 1 N–H and O–H groups in total. The molecule has 0 spiro atoms. The van der Waals surface area contributed by atoms with Gasteiger partial charge in [0.05, 0.1) is 0 Å². The van der Waals surface area contributed by atoms with Gasteiger partial charge in [-0.3, -0.25) is 9.59 Å². The molecule has 2 aromatic rings. The molecule has 2 rings (SSSR count). The van der Waals surface area contributed by atoms with Crippen molar-refractivity contribution in [2.75, 3.05) is 24.6 Å². The summed E-state index contributed by atoms with van der Waals surface area (Å²) in [7, 11) is 0. The van der Waals surface area contributed by atoms with E-state index in [9.17, 15) is 9.59 Å². The predicted octanol–water partition coefficient (Wildman–Crippen LogP) is 2.54. The van der Waals surface area contributed by atoms with Crippen molar-refractivity contribution in [3.05, 3.63) is 60.2 Å². The zero-order valence-electron chi connectivity index (χ0n) is 14.0. The monoisotopic (exact) mass is 326 g/mol. The highest BCUT2D eigenvalue weighted by Crippen LogP contribution is 2.19. The van der Waals surface area contributed by atoms with Gasteiger partial charge in [0.25, 0.3) is 5.91 Å². The highest BCUT2D eigenvalue weighted by atomic mass is 16.5. The molecule has 0 fully saturated rings. The van der Waals surface area contributed by atoms with Gasteiger partial charge in [0.15, 0.2) is 6.61 Å². The van der Waals surface area contributed by atoms with Crippen molar-refractivity contribution in [3.63, 3.8) is 0 Å². The standard InChI is InChI=1S/C19H22N2O3/c1-15-8-6-7-11-18(15)21(16(2)22)13-12-20-19(23)14-24-17-9-4-3-5-10-17/h3-11H,12-14H2,1-2H3,(H,20,23). The summed E-state index contributed by atoms with van der Waals surface area (Å²) in [5, 5.41) is 2.77. The number of aryl methyl sites for hydroxylation is 1. The maximum absolute atomic E-state index is 11.9. The number of amides is 2. The first-order chi connectivity index (χ1) is 11.6. The van der Waals surface area contributed by atoms with Crippen molar-refractivity contribution in [1.29, 1.82) is 0 Å². The molecule has 0 heterocycles. The van der Waals surface area contributed by atoms with Gasteiger partial charge in [-0.25, -0.2) is 0 Å². The molecule has 0 aromatic heterocycles. The minimum atomic E-state index is -0.216. The Labute approximate surface area is 142 Å². The minimum absolute atomic E-state index is 0.0472. The smallest absolute Gasteiger partial charge is 0.258 e. The molecule has 0 aliphatic rings. The van der Waals surface area contributed by atoms with Crippen molar-refractivity contribution in [2.24, 2.45) is 0 Å². The number of para-hydroxylation sites is 2. The third kappa shape index (κ3) is 5.12. The lowest BCUT2D eigenvalue weighted by Gasteiger charge is -2.23. The molecule has 0 bridgehead atoms. The molecule has 0 aliphatic heterocycles. The predicted molar refractivity (Wildman–Crippen MR) is 94.2 cm³/mol. The number of rotatable bonds is 7. The van der Waals surface area contributed by atoms with Crippen LogP contribution in [0.15, 0.2) is 54.6 Å². The van der Waals surface area contributed by atoms with Crippen LogP contribution in [0.5, 0.6) is 5.75 Å². The molecular formula is C19H22N2O3. The number of anilines is 1. The maximum Gasteiger partial charge on any atom is 0.258 e. The topological polar surface area (TPSA) is 58.6 Å². The van der Waals surface area contributed by atoms with Crippen LogP contribution in [0.25, 0.3) is 0 Å². The average Bonchev–Trinajstić information content (AvgIpc) is 2.58. The molecule has 2 aromatic carbocycles. The third-order valence-corrected chi connectivity index (χ3v) is 3.56. The molecule has 126 valence electrons. The lowest BCUT2D eigenvalue weighted by molar-refractivity contribution is -0.123. The fraction of sp³-hybridized carbons (Fsp3) is 0.263. The molecule has 5 heteroatoms.